The first kappa shape index (κ1) is 28.7. The molecule has 5 atom stereocenters. The van der Waals surface area contributed by atoms with E-state index in [9.17, 15) is 25.2 Å². The van der Waals surface area contributed by atoms with Gasteiger partial charge in [-0.2, -0.15) is 0 Å². The molecule has 0 aromatic carbocycles. The normalized spacial score (nSPS) is 28.6. The Morgan fingerprint density at radius 1 is 0.906 bits per heavy atom. The van der Waals surface area contributed by atoms with Crippen molar-refractivity contribution in [3.05, 3.63) is 24.3 Å². The first-order valence-electron chi connectivity index (χ1n) is 11.9. The van der Waals surface area contributed by atoms with Crippen LogP contribution in [0.4, 0.5) is 0 Å². The first-order chi connectivity index (χ1) is 15.4. The van der Waals surface area contributed by atoms with Gasteiger partial charge in [-0.25, -0.2) is 0 Å². The third-order valence-electron chi connectivity index (χ3n) is 5.52. The Morgan fingerprint density at radius 3 is 2.12 bits per heavy atom. The lowest BCUT2D eigenvalue weighted by atomic mass is 9.98. The highest BCUT2D eigenvalue weighted by Crippen LogP contribution is 2.29. The van der Waals surface area contributed by atoms with Crippen molar-refractivity contribution in [3.63, 3.8) is 0 Å². The minimum Gasteiger partial charge on any atom is -0.406 e. The summed E-state index contributed by atoms with van der Waals surface area (Å²) in [7, 11) is 0. The van der Waals surface area contributed by atoms with Gasteiger partial charge in [0.2, 0.25) is 0 Å². The highest BCUT2D eigenvalue weighted by atomic mass is 16.8. The van der Waals surface area contributed by atoms with Crippen LogP contribution in [-0.2, 0) is 14.3 Å². The van der Waals surface area contributed by atoms with Crippen molar-refractivity contribution in [2.75, 3.05) is 6.61 Å². The molecule has 8 nitrogen and oxygen atoms in total. The van der Waals surface area contributed by atoms with Crippen molar-refractivity contribution in [1.29, 1.82) is 0 Å². The summed E-state index contributed by atoms with van der Waals surface area (Å²) in [5.41, 5.74) is 0. The number of esters is 1. The number of carbonyl (C=O) groups excluding carboxylic acids is 1. The zero-order valence-corrected chi connectivity index (χ0v) is 19.3. The van der Waals surface area contributed by atoms with Gasteiger partial charge < -0.3 is 35.0 Å². The number of ether oxygens (including phenoxy) is 2. The predicted octanol–water partition coefficient (Wildman–Crippen LogP) is 2.46. The van der Waals surface area contributed by atoms with Crippen LogP contribution in [0, 0.1) is 0 Å². The van der Waals surface area contributed by atoms with Crippen LogP contribution in [0.2, 0.25) is 0 Å². The van der Waals surface area contributed by atoms with Gasteiger partial charge in [0.05, 0.1) is 6.61 Å². The largest absolute Gasteiger partial charge is 0.406 e. The van der Waals surface area contributed by atoms with E-state index in [-0.39, 0.29) is 6.42 Å². The Balaban J connectivity index is 2.11. The molecule has 0 saturated carbocycles. The molecule has 32 heavy (non-hydrogen) atoms. The summed E-state index contributed by atoms with van der Waals surface area (Å²) >= 11 is 0. The second kappa shape index (κ2) is 16.3. The molecule has 0 radical (unpaired) electrons. The van der Waals surface area contributed by atoms with Crippen LogP contribution in [0.1, 0.15) is 84.0 Å². The fourth-order valence-electron chi connectivity index (χ4n) is 3.50. The van der Waals surface area contributed by atoms with Gasteiger partial charge in [-0.3, -0.25) is 4.79 Å². The molecule has 1 heterocycles. The number of hydrogen-bond acceptors (Lipinski definition) is 8. The number of unbranched alkanes of at least 4 members (excludes halogenated alkanes) is 8. The second-order valence-corrected chi connectivity index (χ2v) is 8.35. The third-order valence-corrected chi connectivity index (χ3v) is 5.52. The maximum Gasteiger partial charge on any atom is 0.357 e. The van der Waals surface area contributed by atoms with Crippen LogP contribution in [-0.4, -0.2) is 68.5 Å². The SMILES string of the molecule is CCCCC/C=C\C/C=C\CCCCCCCC(=O)OC1(O)O[C@H](CO)[C@@H](O)[C@H](O)[C@H]1O. The average molecular weight is 459 g/mol. The van der Waals surface area contributed by atoms with Crippen molar-refractivity contribution in [2.45, 2.75) is 114 Å². The van der Waals surface area contributed by atoms with E-state index >= 15 is 0 Å². The van der Waals surface area contributed by atoms with Gasteiger partial charge in [-0.15, -0.1) is 0 Å². The van der Waals surface area contributed by atoms with E-state index in [1.54, 1.807) is 0 Å². The highest BCUT2D eigenvalue weighted by Gasteiger charge is 2.55. The van der Waals surface area contributed by atoms with Gasteiger partial charge in [0.15, 0.2) is 6.10 Å². The molecule has 5 N–H and O–H groups in total. The summed E-state index contributed by atoms with van der Waals surface area (Å²) in [6.45, 7) is 1.48. The van der Waals surface area contributed by atoms with Crippen molar-refractivity contribution >= 4 is 5.97 Å². The van der Waals surface area contributed by atoms with Crippen LogP contribution < -0.4 is 0 Å². The summed E-state index contributed by atoms with van der Waals surface area (Å²) in [6.07, 6.45) is 13.5. The van der Waals surface area contributed by atoms with E-state index in [2.05, 4.69) is 31.2 Å². The van der Waals surface area contributed by atoms with Crippen molar-refractivity contribution < 1.29 is 39.8 Å². The summed E-state index contributed by atoms with van der Waals surface area (Å²) in [4.78, 5) is 12.0. The van der Waals surface area contributed by atoms with Crippen LogP contribution in [0.5, 0.6) is 0 Å². The predicted molar refractivity (Wildman–Crippen MR) is 120 cm³/mol. The third kappa shape index (κ3) is 10.6. The van der Waals surface area contributed by atoms with Crippen molar-refractivity contribution in [1.82, 2.24) is 0 Å². The Kier molecular flexibility index (Phi) is 14.7. The average Bonchev–Trinajstić information content (AvgIpc) is 2.77. The summed E-state index contributed by atoms with van der Waals surface area (Å²) in [6, 6.07) is 0. The fraction of sp³-hybridized carbons (Fsp3) is 0.792. The second-order valence-electron chi connectivity index (χ2n) is 8.35. The highest BCUT2D eigenvalue weighted by molar-refractivity contribution is 5.69. The molecule has 0 spiro atoms. The molecular formula is C24H42O8. The van der Waals surface area contributed by atoms with Crippen LogP contribution >= 0.6 is 0 Å². The molecule has 1 aliphatic rings. The Bertz CT molecular complexity index is 562. The molecule has 0 aromatic rings. The molecule has 8 heteroatoms. The molecule has 0 aromatic heterocycles. The minimum atomic E-state index is -2.81. The minimum absolute atomic E-state index is 0.0192. The quantitative estimate of drug-likeness (QED) is 0.103. The number of aliphatic hydroxyl groups is 5. The van der Waals surface area contributed by atoms with Crippen molar-refractivity contribution in [3.8, 4) is 0 Å². The molecule has 1 rings (SSSR count). The van der Waals surface area contributed by atoms with Crippen LogP contribution in [0.15, 0.2) is 24.3 Å². The molecule has 186 valence electrons. The lowest BCUT2D eigenvalue weighted by molar-refractivity contribution is -0.434. The maximum absolute atomic E-state index is 12.0. The molecule has 1 saturated heterocycles. The van der Waals surface area contributed by atoms with E-state index in [4.69, 9.17) is 14.6 Å². The van der Waals surface area contributed by atoms with E-state index in [0.29, 0.717) is 6.42 Å². The van der Waals surface area contributed by atoms with Gasteiger partial charge in [-0.05, 0) is 38.5 Å². The number of carbonyl (C=O) groups is 1. The lowest BCUT2D eigenvalue weighted by Crippen LogP contribution is -2.66. The van der Waals surface area contributed by atoms with Gasteiger partial charge in [0.25, 0.3) is 0 Å². The topological polar surface area (TPSA) is 137 Å². The monoisotopic (exact) mass is 458 g/mol. The van der Waals surface area contributed by atoms with Gasteiger partial charge in [0.1, 0.15) is 18.3 Å². The van der Waals surface area contributed by atoms with Gasteiger partial charge >= 0.3 is 11.9 Å². The van der Waals surface area contributed by atoms with E-state index < -0.39 is 43.0 Å². The van der Waals surface area contributed by atoms with E-state index in [0.717, 1.165) is 44.9 Å². The zero-order valence-electron chi connectivity index (χ0n) is 19.3. The zero-order chi connectivity index (χ0) is 23.8. The lowest BCUT2D eigenvalue weighted by Gasteiger charge is -2.43. The Labute approximate surface area is 191 Å². The molecule has 0 bridgehead atoms. The van der Waals surface area contributed by atoms with Gasteiger partial charge in [0, 0.05) is 6.42 Å². The molecule has 0 amide bonds. The maximum atomic E-state index is 12.0. The summed E-state index contributed by atoms with van der Waals surface area (Å²) in [5, 5.41) is 48.7. The molecule has 1 unspecified atom stereocenters. The standard InChI is InChI=1S/C24H42O8/c1-2-3-4-5-6-7-8-9-10-11-12-13-14-15-16-17-20(26)32-24(30)23(29)22(28)21(27)19(18-25)31-24/h6-7,9-10,19,21-23,25,27-30H,2-5,8,11-18H2,1H3/b7-6-,10-9-/t19-,21-,22+,23-,24?/m1/s1. The number of hydrogen-bond donors (Lipinski definition) is 5. The summed E-state index contributed by atoms with van der Waals surface area (Å²) < 4.78 is 9.72. The number of rotatable bonds is 16. The molecule has 0 aliphatic carbocycles. The number of allylic oxidation sites excluding steroid dienone is 4. The van der Waals surface area contributed by atoms with E-state index in [1.165, 1.54) is 19.3 Å². The van der Waals surface area contributed by atoms with Crippen LogP contribution in [0.3, 0.4) is 0 Å². The first-order valence-corrected chi connectivity index (χ1v) is 11.9. The summed E-state index contributed by atoms with van der Waals surface area (Å²) in [5.74, 6) is -3.60. The van der Waals surface area contributed by atoms with Crippen LogP contribution in [0.25, 0.3) is 0 Å². The fourth-order valence-corrected chi connectivity index (χ4v) is 3.50. The Hall–Kier alpha value is -1.29. The molecule has 1 fully saturated rings. The Morgan fingerprint density at radius 2 is 1.50 bits per heavy atom. The molecular weight excluding hydrogens is 416 g/mol. The van der Waals surface area contributed by atoms with Gasteiger partial charge in [-0.1, -0.05) is 63.3 Å². The number of aliphatic hydroxyl groups excluding tert-OH is 4. The smallest absolute Gasteiger partial charge is 0.357 e. The van der Waals surface area contributed by atoms with E-state index in [1.807, 2.05) is 0 Å². The molecule has 1 aliphatic heterocycles. The van der Waals surface area contributed by atoms with Crippen molar-refractivity contribution in [2.24, 2.45) is 0 Å².